The molecule has 3 aliphatic carbocycles. The molecule has 1 N–H and O–H groups in total. The monoisotopic (exact) mass is 378 g/mol. The second-order valence-corrected chi connectivity index (χ2v) is 10.6. The lowest BCUT2D eigenvalue weighted by Crippen LogP contribution is -2.41. The van der Waals surface area contributed by atoms with Gasteiger partial charge >= 0.3 is 0 Å². The van der Waals surface area contributed by atoms with Gasteiger partial charge in [0, 0.05) is 11.8 Å². The van der Waals surface area contributed by atoms with Crippen molar-refractivity contribution in [2.75, 3.05) is 0 Å². The number of carbonyl (C=O) groups is 1. The van der Waals surface area contributed by atoms with Gasteiger partial charge in [-0.05, 0) is 90.4 Å². The molecule has 4 aliphatic rings. The van der Waals surface area contributed by atoms with Crippen LogP contribution in [0.5, 0.6) is 0 Å². The Labute approximate surface area is 164 Å². The van der Waals surface area contributed by atoms with Gasteiger partial charge in [0.15, 0.2) is 0 Å². The number of hydrogen-bond donors (Lipinski definition) is 1. The van der Waals surface area contributed by atoms with E-state index in [-0.39, 0.29) is 35.7 Å². The Morgan fingerprint density at radius 3 is 2.41 bits per heavy atom. The van der Waals surface area contributed by atoms with Crippen molar-refractivity contribution >= 4 is 5.78 Å². The predicted molar refractivity (Wildman–Crippen MR) is 104 cm³/mol. The Hall–Kier alpha value is -0.450. The van der Waals surface area contributed by atoms with Crippen molar-refractivity contribution < 1.29 is 19.4 Å². The summed E-state index contributed by atoms with van der Waals surface area (Å²) in [7, 11) is 0. The number of Topliss-reactive ketones (excluding diaryl/α,β-unsaturated/α-hetero) is 1. The summed E-state index contributed by atoms with van der Waals surface area (Å²) in [6.07, 6.45) is 10.5. The average Bonchev–Trinajstić information content (AvgIpc) is 2.98. The zero-order valence-electron chi connectivity index (χ0n) is 17.4. The van der Waals surface area contributed by atoms with Crippen LogP contribution in [0.1, 0.15) is 85.0 Å². The van der Waals surface area contributed by atoms with Crippen LogP contribution < -0.4 is 0 Å². The van der Waals surface area contributed by atoms with Crippen molar-refractivity contribution in [3.8, 4) is 0 Å². The number of aliphatic hydroxyl groups excluding tert-OH is 1. The van der Waals surface area contributed by atoms with Crippen molar-refractivity contribution in [1.29, 1.82) is 0 Å². The van der Waals surface area contributed by atoms with Crippen LogP contribution in [0.3, 0.4) is 0 Å². The SMILES string of the molecule is CC(C)(C)OC1CCC(C(=O)C2CCCC3C4CCC(O)CC4OC23)CC1. The van der Waals surface area contributed by atoms with Crippen molar-refractivity contribution in [1.82, 2.24) is 0 Å². The molecule has 6 unspecified atom stereocenters. The fourth-order valence-electron chi connectivity index (χ4n) is 6.41. The number of fused-ring (bicyclic) bond motifs is 3. The maximum atomic E-state index is 13.4. The largest absolute Gasteiger partial charge is 0.393 e. The highest BCUT2D eigenvalue weighted by Gasteiger charge is 2.52. The number of ketones is 1. The van der Waals surface area contributed by atoms with Gasteiger partial charge in [-0.2, -0.15) is 0 Å². The van der Waals surface area contributed by atoms with Crippen LogP contribution in [-0.4, -0.2) is 40.9 Å². The number of ether oxygens (including phenoxy) is 2. The van der Waals surface area contributed by atoms with Crippen molar-refractivity contribution in [3.63, 3.8) is 0 Å². The lowest BCUT2D eigenvalue weighted by atomic mass is 9.67. The summed E-state index contributed by atoms with van der Waals surface area (Å²) in [6, 6.07) is 0. The number of hydrogen-bond acceptors (Lipinski definition) is 4. The van der Waals surface area contributed by atoms with Gasteiger partial charge in [0.25, 0.3) is 0 Å². The zero-order chi connectivity index (χ0) is 19.2. The maximum Gasteiger partial charge on any atom is 0.141 e. The highest BCUT2D eigenvalue weighted by atomic mass is 16.5. The Morgan fingerprint density at radius 1 is 0.963 bits per heavy atom. The molecule has 0 spiro atoms. The Morgan fingerprint density at radius 2 is 1.70 bits per heavy atom. The van der Waals surface area contributed by atoms with E-state index in [1.807, 2.05) is 0 Å². The molecular formula is C23H38O4. The van der Waals surface area contributed by atoms with Gasteiger partial charge in [-0.15, -0.1) is 0 Å². The fraction of sp³-hybridized carbons (Fsp3) is 0.957. The van der Waals surface area contributed by atoms with Crippen LogP contribution in [0.4, 0.5) is 0 Å². The third kappa shape index (κ3) is 4.28. The molecule has 1 saturated heterocycles. The van der Waals surface area contributed by atoms with E-state index < -0.39 is 0 Å². The molecule has 27 heavy (non-hydrogen) atoms. The summed E-state index contributed by atoms with van der Waals surface area (Å²) in [4.78, 5) is 13.4. The molecule has 4 nitrogen and oxygen atoms in total. The Bertz CT molecular complexity index is 531. The molecule has 0 aromatic carbocycles. The minimum absolute atomic E-state index is 0.0941. The second kappa shape index (κ2) is 7.76. The molecule has 0 amide bonds. The topological polar surface area (TPSA) is 55.8 Å². The van der Waals surface area contributed by atoms with Crippen LogP contribution in [-0.2, 0) is 14.3 Å². The lowest BCUT2D eigenvalue weighted by Gasteiger charge is -2.38. The molecule has 0 aromatic heterocycles. The molecule has 6 atom stereocenters. The molecule has 4 rings (SSSR count). The Kier molecular flexibility index (Phi) is 5.70. The first-order valence-electron chi connectivity index (χ1n) is 11.4. The molecule has 4 fully saturated rings. The molecule has 1 heterocycles. The predicted octanol–water partition coefficient (Wildman–Crippen LogP) is 4.27. The van der Waals surface area contributed by atoms with Crippen LogP contribution >= 0.6 is 0 Å². The molecule has 0 aromatic rings. The van der Waals surface area contributed by atoms with Crippen LogP contribution in [0.15, 0.2) is 0 Å². The van der Waals surface area contributed by atoms with Crippen molar-refractivity contribution in [3.05, 3.63) is 0 Å². The van der Waals surface area contributed by atoms with E-state index in [1.54, 1.807) is 0 Å². The van der Waals surface area contributed by atoms with E-state index in [4.69, 9.17) is 9.47 Å². The van der Waals surface area contributed by atoms with Gasteiger partial charge in [0.2, 0.25) is 0 Å². The molecule has 0 bridgehead atoms. The lowest BCUT2D eigenvalue weighted by molar-refractivity contribution is -0.138. The normalized spacial score (nSPS) is 45.2. The van der Waals surface area contributed by atoms with Crippen molar-refractivity contribution in [2.45, 2.75) is 115 Å². The molecule has 1 aliphatic heterocycles. The minimum atomic E-state index is -0.210. The summed E-state index contributed by atoms with van der Waals surface area (Å²) in [5.74, 6) is 1.88. The van der Waals surface area contributed by atoms with Gasteiger partial charge in [0.05, 0.1) is 30.0 Å². The van der Waals surface area contributed by atoms with E-state index in [9.17, 15) is 9.90 Å². The zero-order valence-corrected chi connectivity index (χ0v) is 17.4. The summed E-state index contributed by atoms with van der Waals surface area (Å²) in [6.45, 7) is 6.33. The van der Waals surface area contributed by atoms with Crippen LogP contribution in [0, 0.1) is 23.7 Å². The third-order valence-electron chi connectivity index (χ3n) is 7.53. The summed E-state index contributed by atoms with van der Waals surface area (Å²) in [5, 5.41) is 10.0. The highest BCUT2D eigenvalue weighted by Crippen LogP contribution is 2.50. The summed E-state index contributed by atoms with van der Waals surface area (Å²) >= 11 is 0. The molecule has 3 saturated carbocycles. The van der Waals surface area contributed by atoms with Gasteiger partial charge in [-0.3, -0.25) is 4.79 Å². The third-order valence-corrected chi connectivity index (χ3v) is 7.53. The van der Waals surface area contributed by atoms with Crippen LogP contribution in [0.2, 0.25) is 0 Å². The molecular weight excluding hydrogens is 340 g/mol. The first-order chi connectivity index (χ1) is 12.8. The number of aliphatic hydroxyl groups is 1. The first kappa shape index (κ1) is 19.8. The van der Waals surface area contributed by atoms with Crippen molar-refractivity contribution in [2.24, 2.45) is 23.7 Å². The van der Waals surface area contributed by atoms with E-state index in [2.05, 4.69) is 20.8 Å². The average molecular weight is 379 g/mol. The summed E-state index contributed by atoms with van der Waals surface area (Å²) < 4.78 is 12.6. The highest BCUT2D eigenvalue weighted by molar-refractivity contribution is 5.84. The number of carbonyl (C=O) groups excluding carboxylic acids is 1. The fourth-order valence-corrected chi connectivity index (χ4v) is 6.41. The van der Waals surface area contributed by atoms with Gasteiger partial charge < -0.3 is 14.6 Å². The van der Waals surface area contributed by atoms with Crippen LogP contribution in [0.25, 0.3) is 0 Å². The molecule has 154 valence electrons. The molecule has 4 heteroatoms. The van der Waals surface area contributed by atoms with E-state index in [0.29, 0.717) is 23.7 Å². The van der Waals surface area contributed by atoms with Gasteiger partial charge in [-0.25, -0.2) is 0 Å². The number of rotatable bonds is 3. The summed E-state index contributed by atoms with van der Waals surface area (Å²) in [5.41, 5.74) is -0.101. The van der Waals surface area contributed by atoms with E-state index in [0.717, 1.165) is 57.8 Å². The standard InChI is InChI=1S/C23H38O4/c1-23(2,3)27-16-10-7-14(8-11-16)21(25)19-6-4-5-18-17-12-9-15(24)13-20(17)26-22(18)19/h14-20,22,24H,4-13H2,1-3H3. The molecule has 0 radical (unpaired) electrons. The smallest absolute Gasteiger partial charge is 0.141 e. The minimum Gasteiger partial charge on any atom is -0.393 e. The van der Waals surface area contributed by atoms with Gasteiger partial charge in [-0.1, -0.05) is 6.42 Å². The van der Waals surface area contributed by atoms with E-state index in [1.165, 1.54) is 6.42 Å². The first-order valence-corrected chi connectivity index (χ1v) is 11.4. The van der Waals surface area contributed by atoms with Gasteiger partial charge in [0.1, 0.15) is 5.78 Å². The quantitative estimate of drug-likeness (QED) is 0.797. The second-order valence-electron chi connectivity index (χ2n) is 10.6. The maximum absolute atomic E-state index is 13.4. The Balaban J connectivity index is 1.37. The van der Waals surface area contributed by atoms with E-state index >= 15 is 0 Å².